The van der Waals surface area contributed by atoms with Crippen molar-refractivity contribution in [1.82, 2.24) is 15.1 Å². The second kappa shape index (κ2) is 7.94. The molecule has 1 aromatic carbocycles. The van der Waals surface area contributed by atoms with Gasteiger partial charge in [0.1, 0.15) is 0 Å². The number of rotatable bonds is 4. The van der Waals surface area contributed by atoms with E-state index in [9.17, 15) is 9.59 Å². The van der Waals surface area contributed by atoms with E-state index in [-0.39, 0.29) is 11.8 Å². The van der Waals surface area contributed by atoms with Gasteiger partial charge in [0.2, 0.25) is 5.91 Å². The minimum absolute atomic E-state index is 0.0277. The highest BCUT2D eigenvalue weighted by Crippen LogP contribution is 2.23. The number of hydrogen-bond acceptors (Lipinski definition) is 3. The summed E-state index contributed by atoms with van der Waals surface area (Å²) in [6, 6.07) is 5.20. The highest BCUT2D eigenvalue weighted by Gasteiger charge is 2.24. The normalized spacial score (nSPS) is 15.7. The first-order chi connectivity index (χ1) is 10.5. The van der Waals surface area contributed by atoms with Crippen LogP contribution in [0, 0.1) is 0 Å². The number of likely N-dealkylation sites (N-methyl/N-ethyl adjacent to an activating group) is 1. The van der Waals surface area contributed by atoms with Crippen LogP contribution in [0.1, 0.15) is 17.3 Å². The average molecular weight is 389 g/mol. The van der Waals surface area contributed by atoms with Crippen molar-refractivity contribution in [3.63, 3.8) is 0 Å². The van der Waals surface area contributed by atoms with E-state index in [0.29, 0.717) is 49.9 Å². The van der Waals surface area contributed by atoms with Gasteiger partial charge in [-0.25, -0.2) is 0 Å². The molecule has 1 heterocycles. The summed E-state index contributed by atoms with van der Waals surface area (Å²) in [4.78, 5) is 28.0. The summed E-state index contributed by atoms with van der Waals surface area (Å²) in [5, 5.41) is 3.33. The van der Waals surface area contributed by atoms with Crippen LogP contribution in [0.4, 0.5) is 0 Å². The Labute approximate surface area is 143 Å². The number of amides is 2. The highest BCUT2D eigenvalue weighted by molar-refractivity contribution is 9.10. The first kappa shape index (κ1) is 17.2. The summed E-state index contributed by atoms with van der Waals surface area (Å²) in [6.45, 7) is 5.53. The smallest absolute Gasteiger partial charge is 0.255 e. The van der Waals surface area contributed by atoms with Crippen LogP contribution in [0.25, 0.3) is 0 Å². The number of carbonyl (C=O) groups is 2. The Morgan fingerprint density at radius 1 is 1.27 bits per heavy atom. The molecular weight excluding hydrogens is 370 g/mol. The van der Waals surface area contributed by atoms with Gasteiger partial charge in [-0.1, -0.05) is 11.6 Å². The summed E-state index contributed by atoms with van der Waals surface area (Å²) in [5.41, 5.74) is 0.574. The number of piperazine rings is 1. The van der Waals surface area contributed by atoms with Gasteiger partial charge in [0.25, 0.3) is 5.91 Å². The molecule has 1 aliphatic rings. The van der Waals surface area contributed by atoms with Gasteiger partial charge >= 0.3 is 0 Å². The molecule has 0 aromatic heterocycles. The molecule has 0 aliphatic carbocycles. The van der Waals surface area contributed by atoms with Crippen LogP contribution in [0.15, 0.2) is 22.7 Å². The van der Waals surface area contributed by atoms with E-state index >= 15 is 0 Å². The van der Waals surface area contributed by atoms with Gasteiger partial charge in [0.15, 0.2) is 0 Å². The van der Waals surface area contributed by atoms with E-state index in [1.165, 1.54) is 0 Å². The van der Waals surface area contributed by atoms with Crippen LogP contribution in [0.3, 0.4) is 0 Å². The van der Waals surface area contributed by atoms with Crippen molar-refractivity contribution in [3.05, 3.63) is 33.3 Å². The third-order valence-electron chi connectivity index (χ3n) is 3.56. The van der Waals surface area contributed by atoms with Gasteiger partial charge < -0.3 is 10.2 Å². The Hall–Kier alpha value is -1.11. The number of nitrogens with one attached hydrogen (secondary N) is 1. The molecule has 120 valence electrons. The Morgan fingerprint density at radius 2 is 1.95 bits per heavy atom. The molecule has 22 heavy (non-hydrogen) atoms. The van der Waals surface area contributed by atoms with Crippen LogP contribution in [-0.4, -0.2) is 60.9 Å². The zero-order valence-electron chi connectivity index (χ0n) is 12.4. The molecule has 1 fully saturated rings. The standard InChI is InChI=1S/C15H19BrClN3O2/c1-2-18-14(21)10-19-5-7-20(8-6-19)15(22)12-9-11(17)3-4-13(12)16/h3-4,9H,2,5-8,10H2,1H3,(H,18,21). The lowest BCUT2D eigenvalue weighted by Crippen LogP contribution is -2.51. The lowest BCUT2D eigenvalue weighted by molar-refractivity contribution is -0.122. The van der Waals surface area contributed by atoms with Crippen LogP contribution in [0.2, 0.25) is 5.02 Å². The molecule has 0 spiro atoms. The largest absolute Gasteiger partial charge is 0.355 e. The van der Waals surface area contributed by atoms with Crippen molar-refractivity contribution in [2.24, 2.45) is 0 Å². The fraction of sp³-hybridized carbons (Fsp3) is 0.467. The van der Waals surface area contributed by atoms with E-state index in [2.05, 4.69) is 26.1 Å². The first-order valence-corrected chi connectivity index (χ1v) is 8.41. The molecule has 7 heteroatoms. The first-order valence-electron chi connectivity index (χ1n) is 7.24. The summed E-state index contributed by atoms with van der Waals surface area (Å²) < 4.78 is 0.742. The molecule has 1 aromatic rings. The maximum absolute atomic E-state index is 12.5. The number of carbonyl (C=O) groups excluding carboxylic acids is 2. The van der Waals surface area contributed by atoms with E-state index in [4.69, 9.17) is 11.6 Å². The van der Waals surface area contributed by atoms with Gasteiger partial charge in [-0.15, -0.1) is 0 Å². The summed E-state index contributed by atoms with van der Waals surface area (Å²) in [6.07, 6.45) is 0. The predicted molar refractivity (Wildman–Crippen MR) is 90.2 cm³/mol. The Balaban J connectivity index is 1.92. The fourth-order valence-corrected chi connectivity index (χ4v) is 2.99. The van der Waals surface area contributed by atoms with Gasteiger partial charge in [0, 0.05) is 42.2 Å². The Kier molecular flexibility index (Phi) is 6.23. The van der Waals surface area contributed by atoms with E-state index < -0.39 is 0 Å². The number of benzene rings is 1. The van der Waals surface area contributed by atoms with Gasteiger partial charge in [-0.3, -0.25) is 14.5 Å². The molecule has 5 nitrogen and oxygen atoms in total. The van der Waals surface area contributed by atoms with Crippen LogP contribution < -0.4 is 5.32 Å². The van der Waals surface area contributed by atoms with Crippen molar-refractivity contribution < 1.29 is 9.59 Å². The lowest BCUT2D eigenvalue weighted by atomic mass is 10.2. The molecule has 1 N–H and O–H groups in total. The van der Waals surface area contributed by atoms with Gasteiger partial charge in [-0.2, -0.15) is 0 Å². The van der Waals surface area contributed by atoms with Gasteiger partial charge in [-0.05, 0) is 41.1 Å². The second-order valence-electron chi connectivity index (χ2n) is 5.15. The monoisotopic (exact) mass is 387 g/mol. The van der Waals surface area contributed by atoms with Crippen molar-refractivity contribution in [2.45, 2.75) is 6.92 Å². The number of halogens is 2. The van der Waals surface area contributed by atoms with Crippen molar-refractivity contribution in [2.75, 3.05) is 39.3 Å². The average Bonchev–Trinajstić information content (AvgIpc) is 2.50. The quantitative estimate of drug-likeness (QED) is 0.858. The molecule has 0 radical (unpaired) electrons. The molecular formula is C15H19BrClN3O2. The molecule has 0 atom stereocenters. The fourth-order valence-electron chi connectivity index (χ4n) is 2.40. The highest BCUT2D eigenvalue weighted by atomic mass is 79.9. The topological polar surface area (TPSA) is 52.7 Å². The van der Waals surface area contributed by atoms with Crippen molar-refractivity contribution in [3.8, 4) is 0 Å². The third-order valence-corrected chi connectivity index (χ3v) is 4.49. The molecule has 0 unspecified atom stereocenters. The van der Waals surface area contributed by atoms with E-state index in [1.54, 1.807) is 23.1 Å². The second-order valence-corrected chi connectivity index (χ2v) is 6.44. The molecule has 1 aliphatic heterocycles. The van der Waals surface area contributed by atoms with Gasteiger partial charge in [0.05, 0.1) is 12.1 Å². The Bertz CT molecular complexity index is 560. The SMILES string of the molecule is CCNC(=O)CN1CCN(C(=O)c2cc(Cl)ccc2Br)CC1. The summed E-state index contributed by atoms with van der Waals surface area (Å²) in [5.74, 6) is -0.00750. The molecule has 1 saturated heterocycles. The van der Waals surface area contributed by atoms with Crippen LogP contribution in [-0.2, 0) is 4.79 Å². The lowest BCUT2D eigenvalue weighted by Gasteiger charge is -2.34. The molecule has 0 saturated carbocycles. The molecule has 2 amide bonds. The maximum Gasteiger partial charge on any atom is 0.255 e. The summed E-state index contributed by atoms with van der Waals surface area (Å²) >= 11 is 9.36. The van der Waals surface area contributed by atoms with E-state index in [0.717, 1.165) is 4.47 Å². The van der Waals surface area contributed by atoms with Crippen molar-refractivity contribution >= 4 is 39.3 Å². The minimum Gasteiger partial charge on any atom is -0.355 e. The van der Waals surface area contributed by atoms with E-state index in [1.807, 2.05) is 6.92 Å². The Morgan fingerprint density at radius 3 is 2.59 bits per heavy atom. The zero-order valence-corrected chi connectivity index (χ0v) is 14.8. The maximum atomic E-state index is 12.5. The van der Waals surface area contributed by atoms with Crippen LogP contribution in [0.5, 0.6) is 0 Å². The minimum atomic E-state index is -0.0352. The predicted octanol–water partition coefficient (Wildman–Crippen LogP) is 2.00. The molecule has 0 bridgehead atoms. The molecule has 2 rings (SSSR count). The van der Waals surface area contributed by atoms with Crippen molar-refractivity contribution in [1.29, 1.82) is 0 Å². The summed E-state index contributed by atoms with van der Waals surface area (Å²) in [7, 11) is 0. The zero-order chi connectivity index (χ0) is 16.1. The number of nitrogens with zero attached hydrogens (tertiary/aromatic N) is 2. The van der Waals surface area contributed by atoms with Crippen LogP contribution >= 0.6 is 27.5 Å². The third kappa shape index (κ3) is 4.44. The number of hydrogen-bond donors (Lipinski definition) is 1.